The Balaban J connectivity index is 1.24. The monoisotopic (exact) mass is 367 g/mol. The first-order valence-corrected chi connectivity index (χ1v) is 10.1. The van der Waals surface area contributed by atoms with E-state index >= 15 is 0 Å². The fraction of sp³-hybridized carbons (Fsp3) is 0.524. The third-order valence-electron chi connectivity index (χ3n) is 5.85. The highest BCUT2D eigenvalue weighted by Crippen LogP contribution is 2.24. The van der Waals surface area contributed by atoms with Crippen LogP contribution in [-0.2, 0) is 0 Å². The molecule has 0 amide bonds. The molecule has 0 aliphatic carbocycles. The lowest BCUT2D eigenvalue weighted by Crippen LogP contribution is -2.49. The Morgan fingerprint density at radius 3 is 2.56 bits per heavy atom. The maximum absolute atomic E-state index is 11.6. The zero-order valence-electron chi connectivity index (χ0n) is 15.9. The van der Waals surface area contributed by atoms with Gasteiger partial charge in [-0.3, -0.25) is 9.69 Å². The molecule has 2 aliphatic heterocycles. The van der Waals surface area contributed by atoms with Crippen LogP contribution in [0.15, 0.2) is 47.5 Å². The lowest BCUT2D eigenvalue weighted by molar-refractivity contribution is 0.165. The number of nitrogens with one attached hydrogen (secondary N) is 1. The van der Waals surface area contributed by atoms with Gasteiger partial charge in [-0.2, -0.15) is 0 Å². The van der Waals surface area contributed by atoms with E-state index in [4.69, 9.17) is 0 Å². The van der Waals surface area contributed by atoms with Crippen molar-refractivity contribution in [3.63, 3.8) is 0 Å². The second-order valence-electron chi connectivity index (χ2n) is 7.64. The molecule has 0 unspecified atom stereocenters. The fourth-order valence-electron chi connectivity index (χ4n) is 4.26. The summed E-state index contributed by atoms with van der Waals surface area (Å²) in [6, 6.07) is 12.4. The third-order valence-corrected chi connectivity index (χ3v) is 5.85. The maximum atomic E-state index is 11.6. The van der Waals surface area contributed by atoms with Gasteiger partial charge in [0, 0.05) is 63.5 Å². The van der Waals surface area contributed by atoms with E-state index in [1.165, 1.54) is 18.4 Å². The molecule has 3 heterocycles. The standard InChI is InChI=1S/C21H29N5O/c27-21-15-20(22-17-23-21)18-5-4-8-25(16-18)10-9-24-11-13-26(14-12-24)19-6-2-1-3-7-19/h1-3,6-7,15,17-18H,4-5,8-14,16H2,(H,22,23,27)/t18-/m0/s1. The van der Waals surface area contributed by atoms with Gasteiger partial charge in [0.15, 0.2) is 0 Å². The number of rotatable bonds is 5. The Morgan fingerprint density at radius 1 is 1.00 bits per heavy atom. The summed E-state index contributed by atoms with van der Waals surface area (Å²) < 4.78 is 0. The molecule has 6 nitrogen and oxygen atoms in total. The lowest BCUT2D eigenvalue weighted by atomic mass is 9.94. The number of benzene rings is 1. The minimum Gasteiger partial charge on any atom is -0.369 e. The van der Waals surface area contributed by atoms with E-state index in [0.29, 0.717) is 5.92 Å². The minimum absolute atomic E-state index is 0.0478. The van der Waals surface area contributed by atoms with Crippen molar-refractivity contribution < 1.29 is 0 Å². The highest BCUT2D eigenvalue weighted by molar-refractivity contribution is 5.46. The van der Waals surface area contributed by atoms with E-state index in [0.717, 1.165) is 64.5 Å². The summed E-state index contributed by atoms with van der Waals surface area (Å²) in [5.41, 5.74) is 2.23. The normalized spacial score (nSPS) is 22.1. The Morgan fingerprint density at radius 2 is 1.78 bits per heavy atom. The predicted molar refractivity (Wildman–Crippen MR) is 108 cm³/mol. The Bertz CT molecular complexity index is 769. The molecule has 0 spiro atoms. The summed E-state index contributed by atoms with van der Waals surface area (Å²) in [5, 5.41) is 0. The Labute approximate surface area is 160 Å². The van der Waals surface area contributed by atoms with Gasteiger partial charge in [-0.05, 0) is 31.5 Å². The summed E-state index contributed by atoms with van der Waals surface area (Å²) in [6.07, 6.45) is 3.84. The number of likely N-dealkylation sites (tertiary alicyclic amines) is 1. The number of H-pyrrole nitrogens is 1. The first kappa shape index (κ1) is 18.2. The Kier molecular flexibility index (Phi) is 5.84. The lowest BCUT2D eigenvalue weighted by Gasteiger charge is -2.38. The van der Waals surface area contributed by atoms with E-state index in [-0.39, 0.29) is 5.56 Å². The van der Waals surface area contributed by atoms with Crippen LogP contribution in [0.3, 0.4) is 0 Å². The number of aromatic nitrogens is 2. The van der Waals surface area contributed by atoms with Crippen LogP contribution in [0.4, 0.5) is 5.69 Å². The van der Waals surface area contributed by atoms with Gasteiger partial charge in [-0.25, -0.2) is 4.98 Å². The molecule has 1 N–H and O–H groups in total. The SMILES string of the molecule is O=c1cc([C@H]2CCCN(CCN3CCN(c4ccccc4)CC3)C2)nc[nH]1. The molecule has 4 rings (SSSR count). The van der Waals surface area contributed by atoms with Crippen molar-refractivity contribution in [3.8, 4) is 0 Å². The number of piperazine rings is 1. The zero-order valence-corrected chi connectivity index (χ0v) is 15.9. The molecule has 2 aromatic rings. The van der Waals surface area contributed by atoms with Crippen molar-refractivity contribution in [2.24, 2.45) is 0 Å². The number of piperidine rings is 1. The first-order valence-electron chi connectivity index (χ1n) is 10.1. The van der Waals surface area contributed by atoms with Crippen molar-refractivity contribution in [1.29, 1.82) is 0 Å². The van der Waals surface area contributed by atoms with Crippen LogP contribution in [0.2, 0.25) is 0 Å². The van der Waals surface area contributed by atoms with Gasteiger partial charge in [-0.1, -0.05) is 18.2 Å². The summed E-state index contributed by atoms with van der Waals surface area (Å²) >= 11 is 0. The molecule has 1 aromatic carbocycles. The summed E-state index contributed by atoms with van der Waals surface area (Å²) in [6.45, 7) is 8.85. The van der Waals surface area contributed by atoms with E-state index in [1.807, 2.05) is 0 Å². The predicted octanol–water partition coefficient (Wildman–Crippen LogP) is 1.77. The number of hydrogen-bond donors (Lipinski definition) is 1. The first-order chi connectivity index (χ1) is 13.3. The van der Waals surface area contributed by atoms with Gasteiger partial charge in [0.2, 0.25) is 0 Å². The van der Waals surface area contributed by atoms with Crippen LogP contribution in [0.1, 0.15) is 24.5 Å². The summed E-state index contributed by atoms with van der Waals surface area (Å²) in [7, 11) is 0. The van der Waals surface area contributed by atoms with Crippen LogP contribution >= 0.6 is 0 Å². The molecule has 27 heavy (non-hydrogen) atoms. The van der Waals surface area contributed by atoms with Crippen LogP contribution in [0.5, 0.6) is 0 Å². The molecule has 2 aliphatic rings. The molecule has 2 fully saturated rings. The molecule has 0 bridgehead atoms. The molecule has 2 saturated heterocycles. The number of para-hydroxylation sites is 1. The fourth-order valence-corrected chi connectivity index (χ4v) is 4.26. The third kappa shape index (κ3) is 4.76. The minimum atomic E-state index is -0.0478. The topological polar surface area (TPSA) is 55.5 Å². The number of nitrogens with zero attached hydrogens (tertiary/aromatic N) is 4. The second-order valence-corrected chi connectivity index (χ2v) is 7.64. The average molecular weight is 367 g/mol. The van der Waals surface area contributed by atoms with E-state index in [9.17, 15) is 4.79 Å². The highest BCUT2D eigenvalue weighted by atomic mass is 16.1. The number of anilines is 1. The van der Waals surface area contributed by atoms with Crippen molar-refractivity contribution in [1.82, 2.24) is 19.8 Å². The molecule has 144 valence electrons. The highest BCUT2D eigenvalue weighted by Gasteiger charge is 2.23. The smallest absolute Gasteiger partial charge is 0.250 e. The van der Waals surface area contributed by atoms with Gasteiger partial charge in [-0.15, -0.1) is 0 Å². The quantitative estimate of drug-likeness (QED) is 0.873. The number of hydrogen-bond acceptors (Lipinski definition) is 5. The molecule has 6 heteroatoms. The van der Waals surface area contributed by atoms with E-state index < -0.39 is 0 Å². The summed E-state index contributed by atoms with van der Waals surface area (Å²) in [5.74, 6) is 0.385. The average Bonchev–Trinajstić information content (AvgIpc) is 2.73. The van der Waals surface area contributed by atoms with Gasteiger partial charge in [0.1, 0.15) is 0 Å². The van der Waals surface area contributed by atoms with Gasteiger partial charge in [0.25, 0.3) is 5.56 Å². The van der Waals surface area contributed by atoms with E-state index in [2.05, 4.69) is 55.0 Å². The largest absolute Gasteiger partial charge is 0.369 e. The van der Waals surface area contributed by atoms with Crippen LogP contribution in [-0.4, -0.2) is 72.1 Å². The zero-order chi connectivity index (χ0) is 18.5. The molecule has 0 radical (unpaired) electrons. The van der Waals surface area contributed by atoms with Crippen molar-refractivity contribution in [2.45, 2.75) is 18.8 Å². The van der Waals surface area contributed by atoms with Crippen LogP contribution in [0, 0.1) is 0 Å². The van der Waals surface area contributed by atoms with Gasteiger partial charge < -0.3 is 14.8 Å². The molecule has 1 aromatic heterocycles. The van der Waals surface area contributed by atoms with Crippen LogP contribution < -0.4 is 10.5 Å². The Hall–Kier alpha value is -2.18. The second kappa shape index (κ2) is 8.67. The van der Waals surface area contributed by atoms with Crippen molar-refractivity contribution >= 4 is 5.69 Å². The van der Waals surface area contributed by atoms with Gasteiger partial charge in [0.05, 0.1) is 12.0 Å². The van der Waals surface area contributed by atoms with Crippen molar-refractivity contribution in [3.05, 3.63) is 58.8 Å². The molecular formula is C21H29N5O. The molecular weight excluding hydrogens is 338 g/mol. The van der Waals surface area contributed by atoms with Crippen LogP contribution in [0.25, 0.3) is 0 Å². The maximum Gasteiger partial charge on any atom is 0.250 e. The molecule has 0 saturated carbocycles. The van der Waals surface area contributed by atoms with E-state index in [1.54, 1.807) is 6.07 Å². The summed E-state index contributed by atoms with van der Waals surface area (Å²) in [4.78, 5) is 26.2. The van der Waals surface area contributed by atoms with Gasteiger partial charge >= 0.3 is 0 Å². The number of aromatic amines is 1. The molecule has 1 atom stereocenters. The van der Waals surface area contributed by atoms with Crippen molar-refractivity contribution in [2.75, 3.05) is 57.3 Å².